The van der Waals surface area contributed by atoms with Gasteiger partial charge in [-0.2, -0.15) is 24.9 Å². The zero-order valence-electron chi connectivity index (χ0n) is 21.5. The zero-order valence-corrected chi connectivity index (χ0v) is 22.3. The highest BCUT2D eigenvalue weighted by Crippen LogP contribution is 2.31. The highest BCUT2D eigenvalue weighted by atomic mass is 32.2. The molecule has 1 amide bonds. The number of nitrogens with zero attached hydrogens (tertiary/aromatic N) is 3. The normalized spacial score (nSPS) is 20.4. The Labute approximate surface area is 230 Å². The number of halogens is 4. The maximum absolute atomic E-state index is 14.1. The predicted molar refractivity (Wildman–Crippen MR) is 142 cm³/mol. The smallest absolute Gasteiger partial charge is 0.416 e. The molecule has 0 spiro atoms. The molecule has 0 bridgehead atoms. The second-order valence-corrected chi connectivity index (χ2v) is 11.3. The second-order valence-electron chi connectivity index (χ2n) is 10.1. The van der Waals surface area contributed by atoms with Crippen LogP contribution in [-0.4, -0.2) is 44.2 Å². The summed E-state index contributed by atoms with van der Waals surface area (Å²) in [5.74, 6) is 0.829. The van der Waals surface area contributed by atoms with Crippen LogP contribution in [0.5, 0.6) is 5.75 Å². The summed E-state index contributed by atoms with van der Waals surface area (Å²) < 4.78 is 60.3. The number of amides is 1. The first kappa shape index (κ1) is 28.2. The second kappa shape index (κ2) is 11.6. The molecule has 1 saturated heterocycles. The number of ether oxygens (including phenoxy) is 1. The van der Waals surface area contributed by atoms with E-state index in [4.69, 9.17) is 4.74 Å². The van der Waals surface area contributed by atoms with Crippen molar-refractivity contribution in [1.29, 1.82) is 0 Å². The van der Waals surface area contributed by atoms with Gasteiger partial charge in [0.05, 0.1) is 17.1 Å². The van der Waals surface area contributed by atoms with Crippen molar-refractivity contribution in [2.24, 2.45) is 0 Å². The molecule has 8 nitrogen and oxygen atoms in total. The van der Waals surface area contributed by atoms with Crippen LogP contribution in [0.3, 0.4) is 0 Å². The molecule has 2 fully saturated rings. The number of carbonyl (C=O) groups excluding carboxylic acids is 1. The lowest BCUT2D eigenvalue weighted by Gasteiger charge is -2.31. The van der Waals surface area contributed by atoms with Crippen LogP contribution in [0.1, 0.15) is 56.2 Å². The molecule has 2 aromatic heterocycles. The van der Waals surface area contributed by atoms with Crippen LogP contribution in [0.2, 0.25) is 0 Å². The fourth-order valence-corrected chi connectivity index (χ4v) is 6.52. The topological polar surface area (TPSA) is 95.2 Å². The number of hydrogen-bond acceptors (Lipinski definition) is 6. The monoisotopic (exact) mass is 580 g/mol. The van der Waals surface area contributed by atoms with Crippen molar-refractivity contribution in [3.63, 3.8) is 0 Å². The van der Waals surface area contributed by atoms with Crippen molar-refractivity contribution in [2.75, 3.05) is 18.1 Å². The largest absolute Gasteiger partial charge is 0.484 e. The number of benzene rings is 1. The van der Waals surface area contributed by atoms with Crippen molar-refractivity contribution in [2.45, 2.75) is 62.8 Å². The van der Waals surface area contributed by atoms with Gasteiger partial charge in [0.15, 0.2) is 6.61 Å². The number of alkyl halides is 3. The van der Waals surface area contributed by atoms with Gasteiger partial charge < -0.3 is 10.1 Å². The molecule has 0 radical (unpaired) electrons. The molecule has 1 saturated carbocycles. The van der Waals surface area contributed by atoms with E-state index >= 15 is 0 Å². The van der Waals surface area contributed by atoms with Crippen molar-refractivity contribution in [3.05, 3.63) is 68.7 Å². The first-order chi connectivity index (χ1) is 19.1. The summed E-state index contributed by atoms with van der Waals surface area (Å²) in [6.45, 7) is -0.363. The first-order valence-corrected chi connectivity index (χ1v) is 14.3. The van der Waals surface area contributed by atoms with Gasteiger partial charge in [0.2, 0.25) is 0 Å². The van der Waals surface area contributed by atoms with Crippen molar-refractivity contribution in [3.8, 4) is 5.75 Å². The number of aromatic nitrogens is 3. The van der Waals surface area contributed by atoms with Crippen LogP contribution in [0, 0.1) is 5.82 Å². The minimum Gasteiger partial charge on any atom is -0.484 e. The Morgan fingerprint density at radius 1 is 1.00 bits per heavy atom. The lowest BCUT2D eigenvalue weighted by molar-refractivity contribution is -0.137. The third-order valence-electron chi connectivity index (χ3n) is 7.46. The standard InChI is InChI=1S/C27H28F4N4O4S/c28-17-13-22-24(32-14-17)34(20-9-11-40-12-10-20)26(38)35(25(22)37)19-5-3-18(4-6-19)33-23(36)15-39-21-7-1-16(2-8-21)27(29,30)31/h1-2,7-8,13-14,18-20H,3-6,9-12,15H2,(H,33,36). The van der Waals surface area contributed by atoms with Gasteiger partial charge in [-0.05, 0) is 80.4 Å². The lowest BCUT2D eigenvalue weighted by atomic mass is 9.91. The molecule has 0 atom stereocenters. The Bertz CT molecular complexity index is 1490. The van der Waals surface area contributed by atoms with Gasteiger partial charge in [0, 0.05) is 18.1 Å². The van der Waals surface area contributed by atoms with Crippen LogP contribution in [0.4, 0.5) is 17.6 Å². The summed E-state index contributed by atoms with van der Waals surface area (Å²) >= 11 is 1.80. The number of nitrogens with one attached hydrogen (secondary N) is 1. The fraction of sp³-hybridized carbons (Fsp3) is 0.481. The number of thioether (sulfide) groups is 1. The zero-order chi connectivity index (χ0) is 28.4. The molecule has 3 heterocycles. The molecule has 5 rings (SSSR count). The lowest BCUT2D eigenvalue weighted by Crippen LogP contribution is -2.47. The summed E-state index contributed by atoms with van der Waals surface area (Å²) in [4.78, 5) is 43.6. The van der Waals surface area contributed by atoms with E-state index in [0.717, 1.165) is 60.9 Å². The van der Waals surface area contributed by atoms with Crippen molar-refractivity contribution in [1.82, 2.24) is 19.4 Å². The van der Waals surface area contributed by atoms with Gasteiger partial charge in [-0.15, -0.1) is 0 Å². The van der Waals surface area contributed by atoms with Crippen LogP contribution in [-0.2, 0) is 11.0 Å². The van der Waals surface area contributed by atoms with Crippen LogP contribution < -0.4 is 21.3 Å². The molecule has 3 aromatic rings. The molecule has 1 aromatic carbocycles. The molecule has 2 aliphatic rings. The SMILES string of the molecule is O=C(COc1ccc(C(F)(F)F)cc1)NC1CCC(n2c(=O)c3cc(F)cnc3n(C3CCSCC3)c2=O)CC1. The minimum atomic E-state index is -4.46. The number of hydrogen-bond donors (Lipinski definition) is 1. The Balaban J connectivity index is 1.25. The molecule has 0 unspecified atom stereocenters. The molecule has 13 heteroatoms. The van der Waals surface area contributed by atoms with E-state index in [1.54, 1.807) is 16.3 Å². The van der Waals surface area contributed by atoms with E-state index in [-0.39, 0.29) is 35.5 Å². The van der Waals surface area contributed by atoms with E-state index in [0.29, 0.717) is 25.7 Å². The Morgan fingerprint density at radius 2 is 1.65 bits per heavy atom. The van der Waals surface area contributed by atoms with Gasteiger partial charge in [0.25, 0.3) is 11.5 Å². The number of rotatable bonds is 6. The van der Waals surface area contributed by atoms with Gasteiger partial charge >= 0.3 is 11.9 Å². The molecule has 1 aliphatic carbocycles. The number of carbonyl (C=O) groups is 1. The summed E-state index contributed by atoms with van der Waals surface area (Å²) in [7, 11) is 0. The van der Waals surface area contributed by atoms with E-state index in [1.165, 1.54) is 4.57 Å². The average Bonchev–Trinajstić information content (AvgIpc) is 2.94. The molecule has 214 valence electrons. The maximum Gasteiger partial charge on any atom is 0.416 e. The van der Waals surface area contributed by atoms with Gasteiger partial charge in [-0.3, -0.25) is 18.7 Å². The summed E-state index contributed by atoms with van der Waals surface area (Å²) in [5, 5.41) is 2.93. The van der Waals surface area contributed by atoms with E-state index in [2.05, 4.69) is 10.3 Å². The quantitative estimate of drug-likeness (QED) is 0.433. The predicted octanol–water partition coefficient (Wildman–Crippen LogP) is 4.46. The highest BCUT2D eigenvalue weighted by Gasteiger charge is 2.31. The fourth-order valence-electron chi connectivity index (χ4n) is 5.44. The van der Waals surface area contributed by atoms with Gasteiger partial charge in [-0.25, -0.2) is 14.2 Å². The Hall–Kier alpha value is -3.35. The third kappa shape index (κ3) is 6.03. The summed E-state index contributed by atoms with van der Waals surface area (Å²) in [6.07, 6.45) is -0.0152. The highest BCUT2D eigenvalue weighted by molar-refractivity contribution is 7.99. The van der Waals surface area contributed by atoms with Crippen LogP contribution >= 0.6 is 11.8 Å². The van der Waals surface area contributed by atoms with Gasteiger partial charge in [-0.1, -0.05) is 0 Å². The third-order valence-corrected chi connectivity index (χ3v) is 8.51. The number of pyridine rings is 1. The maximum atomic E-state index is 14.1. The summed E-state index contributed by atoms with van der Waals surface area (Å²) in [6, 6.07) is 4.47. The van der Waals surface area contributed by atoms with Crippen molar-refractivity contribution >= 4 is 28.7 Å². The molecule has 1 N–H and O–H groups in total. The molecular formula is C27H28F4N4O4S. The van der Waals surface area contributed by atoms with E-state index in [9.17, 15) is 31.9 Å². The average molecular weight is 581 g/mol. The summed E-state index contributed by atoms with van der Waals surface area (Å²) in [5.41, 5.74) is -1.60. The number of fused-ring (bicyclic) bond motifs is 1. The Morgan fingerprint density at radius 3 is 2.30 bits per heavy atom. The molecule has 1 aliphatic heterocycles. The Kier molecular flexibility index (Phi) is 8.20. The van der Waals surface area contributed by atoms with Crippen LogP contribution in [0.15, 0.2) is 46.1 Å². The first-order valence-electron chi connectivity index (χ1n) is 13.1. The van der Waals surface area contributed by atoms with Gasteiger partial charge in [0.1, 0.15) is 17.2 Å². The molecule has 40 heavy (non-hydrogen) atoms. The molecular weight excluding hydrogens is 552 g/mol. The minimum absolute atomic E-state index is 0.0775. The van der Waals surface area contributed by atoms with E-state index < -0.39 is 40.8 Å². The van der Waals surface area contributed by atoms with E-state index in [1.807, 2.05) is 0 Å². The van der Waals surface area contributed by atoms with Crippen LogP contribution in [0.25, 0.3) is 11.0 Å². The van der Waals surface area contributed by atoms with Crippen molar-refractivity contribution < 1.29 is 27.1 Å².